The summed E-state index contributed by atoms with van der Waals surface area (Å²) in [5.74, 6) is 0.384. The molecule has 116 valence electrons. The van der Waals surface area contributed by atoms with E-state index in [1.165, 1.54) is 6.07 Å². The van der Waals surface area contributed by atoms with Gasteiger partial charge in [-0.05, 0) is 31.9 Å². The molecule has 1 fully saturated rings. The topological polar surface area (TPSA) is 88.2 Å². The molecule has 1 aromatic rings. The van der Waals surface area contributed by atoms with Crippen LogP contribution >= 0.6 is 11.6 Å². The van der Waals surface area contributed by atoms with Gasteiger partial charge in [-0.15, -0.1) is 0 Å². The third-order valence-electron chi connectivity index (χ3n) is 3.21. The van der Waals surface area contributed by atoms with Crippen molar-refractivity contribution >= 4 is 33.2 Å². The van der Waals surface area contributed by atoms with E-state index in [0.29, 0.717) is 30.8 Å². The predicted molar refractivity (Wildman–Crippen MR) is 82.6 cm³/mol. The van der Waals surface area contributed by atoms with Crippen molar-refractivity contribution in [2.75, 3.05) is 23.4 Å². The first kappa shape index (κ1) is 16.0. The molecule has 0 saturated carbocycles. The summed E-state index contributed by atoms with van der Waals surface area (Å²) in [4.78, 5) is 16.3. The molecule has 0 radical (unpaired) electrons. The molecule has 1 aliphatic heterocycles. The maximum absolute atomic E-state index is 12.2. The quantitative estimate of drug-likeness (QED) is 0.816. The molecule has 0 aliphatic carbocycles. The van der Waals surface area contributed by atoms with Crippen molar-refractivity contribution in [3.05, 3.63) is 22.8 Å². The number of carbonyl (C=O) groups excluding carboxylic acids is 1. The summed E-state index contributed by atoms with van der Waals surface area (Å²) < 4.78 is 23.2. The summed E-state index contributed by atoms with van der Waals surface area (Å²) in [5.41, 5.74) is 0.369. The second kappa shape index (κ2) is 6.62. The number of carbonyl (C=O) groups is 1. The molecule has 2 rings (SSSR count). The van der Waals surface area contributed by atoms with E-state index in [4.69, 9.17) is 11.6 Å². The Morgan fingerprint density at radius 2 is 2.24 bits per heavy atom. The molecule has 0 spiro atoms. The van der Waals surface area contributed by atoms with Crippen molar-refractivity contribution in [1.82, 2.24) is 10.3 Å². The fraction of sp³-hybridized carbons (Fsp3) is 0.538. The lowest BCUT2D eigenvalue weighted by molar-refractivity contribution is 0.0938. The second-order valence-electron chi connectivity index (χ2n) is 5.02. The normalized spacial score (nSPS) is 20.8. The van der Waals surface area contributed by atoms with Gasteiger partial charge in [0, 0.05) is 18.2 Å². The Hall–Kier alpha value is -1.34. The van der Waals surface area contributed by atoms with Crippen LogP contribution in [0.25, 0.3) is 0 Å². The fourth-order valence-corrected chi connectivity index (χ4v) is 4.15. The summed E-state index contributed by atoms with van der Waals surface area (Å²) >= 11 is 5.89. The van der Waals surface area contributed by atoms with Gasteiger partial charge in [-0.1, -0.05) is 11.6 Å². The highest BCUT2D eigenvalue weighted by Crippen LogP contribution is 2.16. The number of hydrogen-bond donors (Lipinski definition) is 2. The van der Waals surface area contributed by atoms with Gasteiger partial charge in [0.1, 0.15) is 11.0 Å². The summed E-state index contributed by atoms with van der Waals surface area (Å²) in [6.07, 6.45) is 1.25. The van der Waals surface area contributed by atoms with Crippen LogP contribution in [0.4, 0.5) is 5.82 Å². The Morgan fingerprint density at radius 3 is 2.90 bits per heavy atom. The van der Waals surface area contributed by atoms with Gasteiger partial charge in [-0.2, -0.15) is 0 Å². The van der Waals surface area contributed by atoms with E-state index in [1.54, 1.807) is 6.07 Å². The highest BCUT2D eigenvalue weighted by atomic mass is 35.5. The standard InChI is InChI=1S/C13H18ClN3O3S/c1-2-15-12-7-9(6-11(14)17-12)13(18)16-10-4-3-5-21(19,20)8-10/h6-7,10H,2-5,8H2,1H3,(H,15,17)(H,16,18). The molecule has 2 N–H and O–H groups in total. The maximum atomic E-state index is 12.2. The molecule has 0 aromatic carbocycles. The van der Waals surface area contributed by atoms with Gasteiger partial charge < -0.3 is 10.6 Å². The Balaban J connectivity index is 2.09. The van der Waals surface area contributed by atoms with E-state index in [9.17, 15) is 13.2 Å². The number of halogens is 1. The van der Waals surface area contributed by atoms with Crippen LogP contribution in [0.1, 0.15) is 30.1 Å². The smallest absolute Gasteiger partial charge is 0.251 e. The fourth-order valence-electron chi connectivity index (χ4n) is 2.31. The molecule has 1 aromatic heterocycles. The number of aromatic nitrogens is 1. The minimum atomic E-state index is -3.05. The van der Waals surface area contributed by atoms with Crippen LogP contribution in [-0.4, -0.2) is 43.4 Å². The zero-order chi connectivity index (χ0) is 15.5. The van der Waals surface area contributed by atoms with E-state index in [2.05, 4.69) is 15.6 Å². The zero-order valence-electron chi connectivity index (χ0n) is 11.7. The monoisotopic (exact) mass is 331 g/mol. The molecule has 8 heteroatoms. The number of nitrogens with one attached hydrogen (secondary N) is 2. The Morgan fingerprint density at radius 1 is 1.48 bits per heavy atom. The number of amides is 1. The van der Waals surface area contributed by atoms with Crippen LogP contribution < -0.4 is 10.6 Å². The lowest BCUT2D eigenvalue weighted by atomic mass is 10.1. The summed E-state index contributed by atoms with van der Waals surface area (Å²) in [6.45, 7) is 2.57. The largest absolute Gasteiger partial charge is 0.370 e. The minimum absolute atomic E-state index is 0.00236. The van der Waals surface area contributed by atoms with E-state index >= 15 is 0 Å². The number of sulfone groups is 1. The van der Waals surface area contributed by atoms with E-state index in [-0.39, 0.29) is 28.6 Å². The third-order valence-corrected chi connectivity index (χ3v) is 5.23. The number of pyridine rings is 1. The van der Waals surface area contributed by atoms with Gasteiger partial charge in [0.05, 0.1) is 11.5 Å². The molecule has 1 saturated heterocycles. The first-order valence-corrected chi connectivity index (χ1v) is 9.02. The SMILES string of the molecule is CCNc1cc(C(=O)NC2CCCS(=O)(=O)C2)cc(Cl)n1. The van der Waals surface area contributed by atoms with Crippen molar-refractivity contribution in [2.24, 2.45) is 0 Å². The number of rotatable bonds is 4. The molecular weight excluding hydrogens is 314 g/mol. The molecule has 2 heterocycles. The van der Waals surface area contributed by atoms with Crippen molar-refractivity contribution in [3.63, 3.8) is 0 Å². The van der Waals surface area contributed by atoms with Crippen molar-refractivity contribution in [2.45, 2.75) is 25.8 Å². The Kier molecular flexibility index (Phi) is 5.05. The van der Waals surface area contributed by atoms with Gasteiger partial charge >= 0.3 is 0 Å². The highest BCUT2D eigenvalue weighted by molar-refractivity contribution is 7.91. The van der Waals surface area contributed by atoms with Gasteiger partial charge in [0.25, 0.3) is 5.91 Å². The summed E-state index contributed by atoms with van der Waals surface area (Å²) in [5, 5.41) is 5.96. The van der Waals surface area contributed by atoms with E-state index in [0.717, 1.165) is 0 Å². The molecule has 1 unspecified atom stereocenters. The summed E-state index contributed by atoms with van der Waals surface area (Å²) in [7, 11) is -3.05. The lowest BCUT2D eigenvalue weighted by Gasteiger charge is -2.23. The molecule has 0 bridgehead atoms. The van der Waals surface area contributed by atoms with Crippen molar-refractivity contribution < 1.29 is 13.2 Å². The molecule has 6 nitrogen and oxygen atoms in total. The maximum Gasteiger partial charge on any atom is 0.251 e. The molecule has 21 heavy (non-hydrogen) atoms. The molecule has 1 aliphatic rings. The average Bonchev–Trinajstić information content (AvgIpc) is 2.37. The van der Waals surface area contributed by atoms with Crippen molar-refractivity contribution in [3.8, 4) is 0 Å². The molecule has 1 atom stereocenters. The van der Waals surface area contributed by atoms with Crippen LogP contribution in [-0.2, 0) is 9.84 Å². The predicted octanol–water partition coefficient (Wildman–Crippen LogP) is 1.47. The second-order valence-corrected chi connectivity index (χ2v) is 7.64. The van der Waals surface area contributed by atoms with E-state index < -0.39 is 9.84 Å². The highest BCUT2D eigenvalue weighted by Gasteiger charge is 2.26. The average molecular weight is 332 g/mol. The lowest BCUT2D eigenvalue weighted by Crippen LogP contribution is -2.43. The number of nitrogens with zero attached hydrogens (tertiary/aromatic N) is 1. The third kappa shape index (κ3) is 4.57. The summed E-state index contributed by atoms with van der Waals surface area (Å²) in [6, 6.07) is 2.72. The first-order valence-electron chi connectivity index (χ1n) is 6.82. The Labute approximate surface area is 129 Å². The van der Waals surface area contributed by atoms with Crippen LogP contribution in [0.5, 0.6) is 0 Å². The number of hydrogen-bond acceptors (Lipinski definition) is 5. The van der Waals surface area contributed by atoms with Gasteiger partial charge in [0.2, 0.25) is 0 Å². The first-order chi connectivity index (χ1) is 9.89. The molecule has 1 amide bonds. The molecular formula is C13H18ClN3O3S. The minimum Gasteiger partial charge on any atom is -0.370 e. The zero-order valence-corrected chi connectivity index (χ0v) is 13.3. The van der Waals surface area contributed by atoms with Crippen LogP contribution in [0.3, 0.4) is 0 Å². The van der Waals surface area contributed by atoms with Crippen molar-refractivity contribution in [1.29, 1.82) is 0 Å². The van der Waals surface area contributed by atoms with Gasteiger partial charge in [-0.25, -0.2) is 13.4 Å². The van der Waals surface area contributed by atoms with E-state index in [1.807, 2.05) is 6.92 Å². The van der Waals surface area contributed by atoms with Gasteiger partial charge in [0.15, 0.2) is 9.84 Å². The van der Waals surface area contributed by atoms with Crippen LogP contribution in [0, 0.1) is 0 Å². The van der Waals surface area contributed by atoms with Crippen LogP contribution in [0.2, 0.25) is 5.15 Å². The van der Waals surface area contributed by atoms with Gasteiger partial charge in [-0.3, -0.25) is 4.79 Å². The van der Waals surface area contributed by atoms with Crippen LogP contribution in [0.15, 0.2) is 12.1 Å². The Bertz CT molecular complexity index is 634. The number of anilines is 1.